The molecule has 0 radical (unpaired) electrons. The highest BCUT2D eigenvalue weighted by Gasteiger charge is 2.16. The maximum Gasteiger partial charge on any atom is 0.123 e. The summed E-state index contributed by atoms with van der Waals surface area (Å²) in [7, 11) is 1.76. The van der Waals surface area contributed by atoms with E-state index in [4.69, 9.17) is 4.74 Å². The molecule has 1 atom stereocenters. The van der Waals surface area contributed by atoms with E-state index in [1.807, 2.05) is 11.8 Å². The molecule has 3 heteroatoms. The number of methoxy groups -OCH3 is 1. The van der Waals surface area contributed by atoms with Crippen molar-refractivity contribution in [1.29, 1.82) is 0 Å². The number of hydrogen-bond donors (Lipinski definition) is 1. The molecule has 1 rings (SSSR count). The molecule has 0 aromatic heterocycles. The van der Waals surface area contributed by atoms with Gasteiger partial charge in [0.2, 0.25) is 0 Å². The van der Waals surface area contributed by atoms with E-state index >= 15 is 0 Å². The molecule has 1 aromatic carbocycles. The third-order valence-electron chi connectivity index (χ3n) is 3.14. The Bertz CT molecular complexity index is 393. The van der Waals surface area contributed by atoms with Crippen molar-refractivity contribution in [1.82, 2.24) is 5.32 Å². The standard InChI is InChI=1S/C17H29NOS/c1-6-9-18-16(12-20-11-13(2)3)15-10-14(4)7-8-17(15)19-5/h7-8,10,13,16,18H,6,9,11-12H2,1-5H3. The number of benzene rings is 1. The minimum Gasteiger partial charge on any atom is -0.496 e. The average Bonchev–Trinajstić information content (AvgIpc) is 2.42. The predicted molar refractivity (Wildman–Crippen MR) is 90.9 cm³/mol. The van der Waals surface area contributed by atoms with Gasteiger partial charge in [-0.25, -0.2) is 0 Å². The summed E-state index contributed by atoms with van der Waals surface area (Å²) in [4.78, 5) is 0. The van der Waals surface area contributed by atoms with Gasteiger partial charge < -0.3 is 10.1 Å². The zero-order chi connectivity index (χ0) is 15.0. The first kappa shape index (κ1) is 17.4. The van der Waals surface area contributed by atoms with Gasteiger partial charge in [0.05, 0.1) is 7.11 Å². The normalized spacial score (nSPS) is 12.7. The number of ether oxygens (including phenoxy) is 1. The van der Waals surface area contributed by atoms with E-state index in [2.05, 4.69) is 51.2 Å². The molecule has 2 nitrogen and oxygen atoms in total. The fourth-order valence-electron chi connectivity index (χ4n) is 2.12. The third kappa shape index (κ3) is 5.76. The van der Waals surface area contributed by atoms with E-state index in [9.17, 15) is 0 Å². The molecule has 20 heavy (non-hydrogen) atoms. The smallest absolute Gasteiger partial charge is 0.123 e. The van der Waals surface area contributed by atoms with E-state index in [1.165, 1.54) is 16.9 Å². The Morgan fingerprint density at radius 3 is 2.60 bits per heavy atom. The molecule has 114 valence electrons. The Kier molecular flexibility index (Phi) is 8.08. The van der Waals surface area contributed by atoms with Gasteiger partial charge in [0.1, 0.15) is 5.75 Å². The second-order valence-corrected chi connectivity index (χ2v) is 6.76. The lowest BCUT2D eigenvalue weighted by Crippen LogP contribution is -2.25. The molecule has 0 spiro atoms. The quantitative estimate of drug-likeness (QED) is 0.728. The van der Waals surface area contributed by atoms with Gasteiger partial charge in [0, 0.05) is 17.4 Å². The van der Waals surface area contributed by atoms with E-state index in [0.717, 1.165) is 30.4 Å². The van der Waals surface area contributed by atoms with E-state index in [1.54, 1.807) is 7.11 Å². The minimum atomic E-state index is 0.369. The molecule has 1 aromatic rings. The van der Waals surface area contributed by atoms with Gasteiger partial charge >= 0.3 is 0 Å². The topological polar surface area (TPSA) is 21.3 Å². The molecule has 0 saturated carbocycles. The molecule has 0 saturated heterocycles. The first-order valence-corrected chi connectivity index (χ1v) is 8.69. The van der Waals surface area contributed by atoms with Gasteiger partial charge in [0.25, 0.3) is 0 Å². The summed E-state index contributed by atoms with van der Waals surface area (Å²) in [5.74, 6) is 4.04. The lowest BCUT2D eigenvalue weighted by molar-refractivity contribution is 0.402. The highest BCUT2D eigenvalue weighted by Crippen LogP contribution is 2.29. The van der Waals surface area contributed by atoms with Crippen LogP contribution in [-0.2, 0) is 0 Å². The van der Waals surface area contributed by atoms with Crippen molar-refractivity contribution in [3.63, 3.8) is 0 Å². The van der Waals surface area contributed by atoms with Crippen LogP contribution in [0.1, 0.15) is 44.4 Å². The van der Waals surface area contributed by atoms with Gasteiger partial charge in [-0.2, -0.15) is 11.8 Å². The molecule has 0 amide bonds. The SMILES string of the molecule is CCCNC(CSCC(C)C)c1cc(C)ccc1OC. The Hall–Kier alpha value is -0.670. The second kappa shape index (κ2) is 9.30. The van der Waals surface area contributed by atoms with Crippen LogP contribution in [-0.4, -0.2) is 25.2 Å². The van der Waals surface area contributed by atoms with Crippen molar-refractivity contribution < 1.29 is 4.74 Å². The van der Waals surface area contributed by atoms with Crippen molar-refractivity contribution in [3.8, 4) is 5.75 Å². The molecule has 0 aliphatic carbocycles. The highest BCUT2D eigenvalue weighted by atomic mass is 32.2. The second-order valence-electron chi connectivity index (χ2n) is 5.68. The maximum absolute atomic E-state index is 5.54. The van der Waals surface area contributed by atoms with Crippen molar-refractivity contribution in [3.05, 3.63) is 29.3 Å². The summed E-state index contributed by atoms with van der Waals surface area (Å²) < 4.78 is 5.54. The molecular weight excluding hydrogens is 266 g/mol. The van der Waals surface area contributed by atoms with Crippen LogP contribution in [0.4, 0.5) is 0 Å². The number of aryl methyl sites for hydroxylation is 1. The molecule has 0 heterocycles. The number of hydrogen-bond acceptors (Lipinski definition) is 3. The van der Waals surface area contributed by atoms with Gasteiger partial charge in [-0.15, -0.1) is 0 Å². The molecule has 1 N–H and O–H groups in total. The first-order chi connectivity index (χ1) is 9.58. The van der Waals surface area contributed by atoms with Crippen LogP contribution in [0.15, 0.2) is 18.2 Å². The molecule has 0 fully saturated rings. The maximum atomic E-state index is 5.54. The van der Waals surface area contributed by atoms with Crippen LogP contribution >= 0.6 is 11.8 Å². The monoisotopic (exact) mass is 295 g/mol. The average molecular weight is 295 g/mol. The summed E-state index contributed by atoms with van der Waals surface area (Å²) in [6.45, 7) is 9.94. The van der Waals surface area contributed by atoms with Crippen LogP contribution in [0.2, 0.25) is 0 Å². The Morgan fingerprint density at radius 2 is 2.00 bits per heavy atom. The van der Waals surface area contributed by atoms with Crippen molar-refractivity contribution in [2.45, 2.75) is 40.2 Å². The zero-order valence-electron chi connectivity index (χ0n) is 13.5. The van der Waals surface area contributed by atoms with E-state index in [-0.39, 0.29) is 0 Å². The summed E-state index contributed by atoms with van der Waals surface area (Å²) in [5, 5.41) is 3.66. The van der Waals surface area contributed by atoms with E-state index in [0.29, 0.717) is 6.04 Å². The Labute approximate surface area is 128 Å². The van der Waals surface area contributed by atoms with Crippen molar-refractivity contribution >= 4 is 11.8 Å². The van der Waals surface area contributed by atoms with Crippen LogP contribution in [0.5, 0.6) is 5.75 Å². The minimum absolute atomic E-state index is 0.369. The Balaban J connectivity index is 2.82. The largest absolute Gasteiger partial charge is 0.496 e. The summed E-state index contributed by atoms with van der Waals surface area (Å²) in [5.41, 5.74) is 2.58. The van der Waals surface area contributed by atoms with Gasteiger partial charge in [-0.1, -0.05) is 38.5 Å². The lowest BCUT2D eigenvalue weighted by atomic mass is 10.0. The summed E-state index contributed by atoms with van der Waals surface area (Å²) >= 11 is 2.02. The number of nitrogens with one attached hydrogen (secondary N) is 1. The summed E-state index contributed by atoms with van der Waals surface area (Å²) in [6, 6.07) is 6.81. The predicted octanol–water partition coefficient (Wildman–Crippen LogP) is 4.43. The van der Waals surface area contributed by atoms with Crippen molar-refractivity contribution in [2.24, 2.45) is 5.92 Å². The molecule has 0 aliphatic rings. The van der Waals surface area contributed by atoms with Crippen LogP contribution in [0, 0.1) is 12.8 Å². The first-order valence-electron chi connectivity index (χ1n) is 7.54. The zero-order valence-corrected chi connectivity index (χ0v) is 14.3. The molecular formula is C17H29NOS. The van der Waals surface area contributed by atoms with E-state index < -0.39 is 0 Å². The molecule has 0 aliphatic heterocycles. The highest BCUT2D eigenvalue weighted by molar-refractivity contribution is 7.99. The lowest BCUT2D eigenvalue weighted by Gasteiger charge is -2.22. The van der Waals surface area contributed by atoms with Crippen LogP contribution < -0.4 is 10.1 Å². The number of rotatable bonds is 9. The molecule has 0 bridgehead atoms. The Morgan fingerprint density at radius 1 is 1.25 bits per heavy atom. The number of thioether (sulfide) groups is 1. The van der Waals surface area contributed by atoms with Gasteiger partial charge in [0.15, 0.2) is 0 Å². The fraction of sp³-hybridized carbons (Fsp3) is 0.647. The van der Waals surface area contributed by atoms with Crippen LogP contribution in [0.3, 0.4) is 0 Å². The van der Waals surface area contributed by atoms with Gasteiger partial charge in [-0.05, 0) is 37.6 Å². The fourth-order valence-corrected chi connectivity index (χ4v) is 3.27. The third-order valence-corrected chi connectivity index (χ3v) is 4.61. The van der Waals surface area contributed by atoms with Gasteiger partial charge in [-0.3, -0.25) is 0 Å². The van der Waals surface area contributed by atoms with Crippen molar-refractivity contribution in [2.75, 3.05) is 25.2 Å². The molecule has 1 unspecified atom stereocenters. The van der Waals surface area contributed by atoms with Crippen LogP contribution in [0.25, 0.3) is 0 Å². The summed E-state index contributed by atoms with van der Waals surface area (Å²) in [6.07, 6.45) is 1.15.